The molecule has 0 aliphatic heterocycles. The van der Waals surface area contributed by atoms with Crippen LogP contribution in [0.25, 0.3) is 0 Å². The second-order valence-electron chi connectivity index (χ2n) is 5.24. The maximum absolute atomic E-state index is 6.10. The van der Waals surface area contributed by atoms with Crippen LogP contribution in [-0.2, 0) is 4.74 Å². The molecule has 0 aromatic heterocycles. The molecular weight excluding hydrogens is 232 g/mol. The van der Waals surface area contributed by atoms with Crippen LogP contribution in [0.3, 0.4) is 0 Å². The van der Waals surface area contributed by atoms with Crippen LogP contribution in [0.5, 0.6) is 0 Å². The number of rotatable bonds is 4. The van der Waals surface area contributed by atoms with Gasteiger partial charge in [0, 0.05) is 0 Å². The normalized spacial score (nSPS) is 14.1. The first-order chi connectivity index (χ1) is 9.06. The maximum Gasteiger partial charge on any atom is 0.0805 e. The third-order valence-corrected chi connectivity index (χ3v) is 3.50. The highest BCUT2D eigenvalue weighted by Crippen LogP contribution is 2.26. The van der Waals surface area contributed by atoms with Crippen molar-refractivity contribution in [1.29, 1.82) is 0 Å². The summed E-state index contributed by atoms with van der Waals surface area (Å²) in [5.74, 6) is 0. The van der Waals surface area contributed by atoms with Crippen LogP contribution >= 0.6 is 0 Å². The molecule has 100 valence electrons. The molecule has 2 rings (SSSR count). The summed E-state index contributed by atoms with van der Waals surface area (Å²) in [4.78, 5) is 0. The van der Waals surface area contributed by atoms with Crippen molar-refractivity contribution in [2.24, 2.45) is 0 Å². The molecule has 2 atom stereocenters. The van der Waals surface area contributed by atoms with E-state index < -0.39 is 0 Å². The molecule has 2 unspecified atom stereocenters. The molecule has 0 saturated carbocycles. The lowest BCUT2D eigenvalue weighted by Crippen LogP contribution is -2.05. The fourth-order valence-electron chi connectivity index (χ4n) is 2.14. The molecule has 0 saturated heterocycles. The molecule has 1 nitrogen and oxygen atoms in total. The van der Waals surface area contributed by atoms with Crippen LogP contribution in [0.2, 0.25) is 0 Å². The first-order valence-electron chi connectivity index (χ1n) is 6.85. The van der Waals surface area contributed by atoms with Crippen molar-refractivity contribution in [3.05, 3.63) is 70.8 Å². The first-order valence-corrected chi connectivity index (χ1v) is 6.85. The van der Waals surface area contributed by atoms with E-state index >= 15 is 0 Å². The van der Waals surface area contributed by atoms with E-state index in [0.717, 1.165) is 0 Å². The third kappa shape index (κ3) is 3.68. The van der Waals surface area contributed by atoms with Crippen molar-refractivity contribution in [3.63, 3.8) is 0 Å². The van der Waals surface area contributed by atoms with E-state index in [0.29, 0.717) is 0 Å². The third-order valence-electron chi connectivity index (χ3n) is 3.50. The van der Waals surface area contributed by atoms with E-state index in [1.807, 2.05) is 0 Å². The van der Waals surface area contributed by atoms with Crippen molar-refractivity contribution in [2.75, 3.05) is 0 Å². The average molecular weight is 254 g/mol. The van der Waals surface area contributed by atoms with Crippen molar-refractivity contribution in [1.82, 2.24) is 0 Å². The highest BCUT2D eigenvalue weighted by molar-refractivity contribution is 5.24. The fraction of sp³-hybridized carbons (Fsp3) is 0.333. The van der Waals surface area contributed by atoms with Gasteiger partial charge in [-0.2, -0.15) is 0 Å². The van der Waals surface area contributed by atoms with E-state index in [1.54, 1.807) is 0 Å². The lowest BCUT2D eigenvalue weighted by Gasteiger charge is -2.20. The van der Waals surface area contributed by atoms with E-state index in [4.69, 9.17) is 4.74 Å². The molecule has 19 heavy (non-hydrogen) atoms. The zero-order valence-electron chi connectivity index (χ0n) is 12.2. The molecule has 0 aliphatic carbocycles. The molecule has 0 spiro atoms. The van der Waals surface area contributed by atoms with Crippen molar-refractivity contribution in [2.45, 2.75) is 39.9 Å². The van der Waals surface area contributed by atoms with Crippen molar-refractivity contribution >= 4 is 0 Å². The minimum atomic E-state index is 0.108. The summed E-state index contributed by atoms with van der Waals surface area (Å²) in [5, 5.41) is 0. The second kappa shape index (κ2) is 6.03. The SMILES string of the molecule is Cc1ccc(C(C)OC(C)c2ccc(C)cc2)cc1. The Hall–Kier alpha value is -1.60. The molecule has 0 heterocycles. The highest BCUT2D eigenvalue weighted by Gasteiger charge is 2.12. The molecule has 0 amide bonds. The lowest BCUT2D eigenvalue weighted by molar-refractivity contribution is 0.00586. The van der Waals surface area contributed by atoms with Crippen LogP contribution in [0.15, 0.2) is 48.5 Å². The van der Waals surface area contributed by atoms with Gasteiger partial charge in [0.1, 0.15) is 0 Å². The van der Waals surface area contributed by atoms with Gasteiger partial charge in [-0.05, 0) is 38.8 Å². The number of ether oxygens (including phenoxy) is 1. The van der Waals surface area contributed by atoms with Crippen LogP contribution in [0.1, 0.15) is 48.3 Å². The molecule has 0 N–H and O–H groups in total. The van der Waals surface area contributed by atoms with Gasteiger partial charge in [-0.25, -0.2) is 0 Å². The van der Waals surface area contributed by atoms with Crippen LogP contribution < -0.4 is 0 Å². The minimum Gasteiger partial charge on any atom is -0.366 e. The molecule has 2 aromatic carbocycles. The Labute approximate surface area is 116 Å². The van der Waals surface area contributed by atoms with Gasteiger partial charge >= 0.3 is 0 Å². The summed E-state index contributed by atoms with van der Waals surface area (Å²) in [6.07, 6.45) is 0.216. The van der Waals surface area contributed by atoms with Crippen LogP contribution in [0, 0.1) is 13.8 Å². The van der Waals surface area contributed by atoms with Gasteiger partial charge in [0.05, 0.1) is 12.2 Å². The molecule has 0 bridgehead atoms. The topological polar surface area (TPSA) is 9.23 Å². The van der Waals surface area contributed by atoms with Gasteiger partial charge < -0.3 is 4.74 Å². The Bertz CT molecular complexity index is 461. The monoisotopic (exact) mass is 254 g/mol. The number of aryl methyl sites for hydroxylation is 2. The van der Waals surface area contributed by atoms with E-state index in [-0.39, 0.29) is 12.2 Å². The van der Waals surface area contributed by atoms with Gasteiger partial charge in [0.2, 0.25) is 0 Å². The van der Waals surface area contributed by atoms with E-state index in [9.17, 15) is 0 Å². The first kappa shape index (κ1) is 13.8. The minimum absolute atomic E-state index is 0.108. The number of hydrogen-bond donors (Lipinski definition) is 0. The van der Waals surface area contributed by atoms with Gasteiger partial charge in [-0.1, -0.05) is 59.7 Å². The molecule has 0 radical (unpaired) electrons. The van der Waals surface area contributed by atoms with E-state index in [2.05, 4.69) is 76.2 Å². The Morgan fingerprint density at radius 3 is 1.26 bits per heavy atom. The summed E-state index contributed by atoms with van der Waals surface area (Å²) in [7, 11) is 0. The summed E-state index contributed by atoms with van der Waals surface area (Å²) in [6, 6.07) is 17.1. The fourth-order valence-corrected chi connectivity index (χ4v) is 2.14. The standard InChI is InChI=1S/C18H22O/c1-13-5-9-17(10-6-13)15(3)19-16(4)18-11-7-14(2)8-12-18/h5-12,15-16H,1-4H3. The number of hydrogen-bond acceptors (Lipinski definition) is 1. The van der Waals surface area contributed by atoms with Crippen LogP contribution in [-0.4, -0.2) is 0 Å². The van der Waals surface area contributed by atoms with Gasteiger partial charge in [-0.15, -0.1) is 0 Å². The molecule has 0 fully saturated rings. The van der Waals surface area contributed by atoms with Crippen molar-refractivity contribution in [3.8, 4) is 0 Å². The summed E-state index contributed by atoms with van der Waals surface area (Å²) in [5.41, 5.74) is 5.01. The van der Waals surface area contributed by atoms with Gasteiger partial charge in [-0.3, -0.25) is 0 Å². The summed E-state index contributed by atoms with van der Waals surface area (Å²) in [6.45, 7) is 8.42. The zero-order chi connectivity index (χ0) is 13.8. The zero-order valence-corrected chi connectivity index (χ0v) is 12.2. The van der Waals surface area contributed by atoms with E-state index in [1.165, 1.54) is 22.3 Å². The van der Waals surface area contributed by atoms with Crippen molar-refractivity contribution < 1.29 is 4.74 Å². The number of benzene rings is 2. The molecule has 2 aromatic rings. The Balaban J connectivity index is 2.03. The quantitative estimate of drug-likeness (QED) is 0.733. The largest absolute Gasteiger partial charge is 0.366 e. The predicted molar refractivity (Wildman–Crippen MR) is 80.3 cm³/mol. The lowest BCUT2D eigenvalue weighted by atomic mass is 10.1. The predicted octanol–water partition coefficient (Wildman–Crippen LogP) is 5.14. The molecule has 0 aliphatic rings. The van der Waals surface area contributed by atoms with Crippen LogP contribution in [0.4, 0.5) is 0 Å². The smallest absolute Gasteiger partial charge is 0.0805 e. The highest BCUT2D eigenvalue weighted by atomic mass is 16.5. The Morgan fingerprint density at radius 1 is 0.632 bits per heavy atom. The van der Waals surface area contributed by atoms with Gasteiger partial charge in [0.25, 0.3) is 0 Å². The maximum atomic E-state index is 6.10. The average Bonchev–Trinajstić information content (AvgIpc) is 2.40. The van der Waals surface area contributed by atoms with Gasteiger partial charge in [0.15, 0.2) is 0 Å². The summed E-state index contributed by atoms with van der Waals surface area (Å²) < 4.78 is 6.10. The summed E-state index contributed by atoms with van der Waals surface area (Å²) >= 11 is 0. The second-order valence-corrected chi connectivity index (χ2v) is 5.24. The Kier molecular flexibility index (Phi) is 4.39. The Morgan fingerprint density at radius 2 is 0.947 bits per heavy atom. The molecule has 1 heteroatoms. The molecular formula is C18H22O.